The number of halogens is 1. The van der Waals surface area contributed by atoms with E-state index < -0.39 is 5.44 Å². The van der Waals surface area contributed by atoms with Crippen LogP contribution in [0.1, 0.15) is 6.92 Å². The lowest BCUT2D eigenvalue weighted by molar-refractivity contribution is 0.285. The van der Waals surface area contributed by atoms with Crippen molar-refractivity contribution in [3.63, 3.8) is 0 Å². The summed E-state index contributed by atoms with van der Waals surface area (Å²) in [5.41, 5.74) is -0.434. The molecule has 0 aliphatic carbocycles. The van der Waals surface area contributed by atoms with Crippen LogP contribution in [0.4, 0.5) is 0 Å². The lowest BCUT2D eigenvalue weighted by Crippen LogP contribution is -1.83. The predicted molar refractivity (Wildman–Crippen MR) is 45.0 cm³/mol. The van der Waals surface area contributed by atoms with Crippen molar-refractivity contribution in [2.75, 3.05) is 0 Å². The first-order chi connectivity index (χ1) is 5.27. The molecule has 0 amide bonds. The van der Waals surface area contributed by atoms with E-state index in [9.17, 15) is 0 Å². The highest BCUT2D eigenvalue weighted by atomic mass is 35.7. The van der Waals surface area contributed by atoms with Gasteiger partial charge in [-0.3, -0.25) is 0 Å². The van der Waals surface area contributed by atoms with E-state index >= 15 is 0 Å². The van der Waals surface area contributed by atoms with Crippen molar-refractivity contribution in [1.82, 2.24) is 15.4 Å². The largest absolute Gasteiger partial charge is 0.382 e. The Morgan fingerprint density at radius 2 is 1.91 bits per heavy atom. The second-order valence-corrected chi connectivity index (χ2v) is 2.89. The number of nitrogens with zero attached hydrogens (tertiary/aromatic N) is 3. The van der Waals surface area contributed by atoms with E-state index in [0.29, 0.717) is 0 Å². The van der Waals surface area contributed by atoms with Gasteiger partial charge in [-0.2, -0.15) is 0 Å². The fourth-order valence-electron chi connectivity index (χ4n) is 0.205. The molecule has 1 aromatic heterocycles. The summed E-state index contributed by atoms with van der Waals surface area (Å²) < 4.78 is 0. The lowest BCUT2D eigenvalue weighted by atomic mass is 10.7. The Bertz CT molecular complexity index is 136. The summed E-state index contributed by atoms with van der Waals surface area (Å²) in [6.07, 6.45) is 3.15. The quantitative estimate of drug-likeness (QED) is 0.677. The molecule has 0 saturated carbocycles. The third-order valence-electron chi connectivity index (χ3n) is 0.538. The van der Waals surface area contributed by atoms with Crippen LogP contribution in [-0.4, -0.2) is 26.0 Å². The summed E-state index contributed by atoms with van der Waals surface area (Å²) in [4.78, 5) is 0. The van der Waals surface area contributed by atoms with Gasteiger partial charge in [0.1, 0.15) is 5.44 Å². The molecule has 1 atom stereocenters. The molecule has 1 unspecified atom stereocenters. The average Bonchev–Trinajstić information content (AvgIpc) is 2.09. The smallest absolute Gasteiger partial charge is 0.111 e. The van der Waals surface area contributed by atoms with E-state index in [1.807, 2.05) is 0 Å². The van der Waals surface area contributed by atoms with Crippen LogP contribution in [0.3, 0.4) is 0 Å². The lowest BCUT2D eigenvalue weighted by Gasteiger charge is -1.87. The summed E-state index contributed by atoms with van der Waals surface area (Å²) in [7, 11) is 5.91. The van der Waals surface area contributed by atoms with Gasteiger partial charge in [0.25, 0.3) is 0 Å². The topological polar surface area (TPSA) is 58.9 Å². The van der Waals surface area contributed by atoms with E-state index in [0.717, 1.165) is 11.0 Å². The highest BCUT2D eigenvalue weighted by molar-refractivity contribution is 8.21. The zero-order chi connectivity index (χ0) is 8.53. The highest BCUT2D eigenvalue weighted by Crippen LogP contribution is 2.09. The second-order valence-electron chi connectivity index (χ2n) is 1.50. The summed E-state index contributed by atoms with van der Waals surface area (Å²) in [6, 6.07) is 1.72. The average molecular weight is 194 g/mol. The molecule has 0 radical (unpaired) electrons. The van der Waals surface area contributed by atoms with Crippen molar-refractivity contribution < 1.29 is 5.11 Å². The maximum atomic E-state index is 8.19. The Labute approximate surface area is 73.5 Å². The molecule has 1 rings (SSSR count). The number of aliphatic hydroxyl groups excluding tert-OH is 1. The SMILES string of the molecule is CC(O)SCl.c1cnnnc1. The molecule has 11 heavy (non-hydrogen) atoms. The number of aliphatic hydroxyl groups is 1. The van der Waals surface area contributed by atoms with Gasteiger partial charge in [-0.25, -0.2) is 0 Å². The van der Waals surface area contributed by atoms with E-state index in [4.69, 9.17) is 15.8 Å². The van der Waals surface area contributed by atoms with Gasteiger partial charge in [0.05, 0.1) is 12.4 Å². The van der Waals surface area contributed by atoms with Crippen LogP contribution in [0.15, 0.2) is 18.5 Å². The fourth-order valence-corrected chi connectivity index (χ4v) is 0.205. The molecule has 0 spiro atoms. The Morgan fingerprint density at radius 1 is 1.45 bits per heavy atom. The molecule has 0 aliphatic rings. The minimum atomic E-state index is -0.434. The van der Waals surface area contributed by atoms with Crippen LogP contribution >= 0.6 is 21.7 Å². The molecule has 0 bridgehead atoms. The molecular formula is C5H8ClN3OS. The maximum absolute atomic E-state index is 8.19. The molecule has 1 heterocycles. The van der Waals surface area contributed by atoms with Gasteiger partial charge in [-0.1, -0.05) is 0 Å². The number of hydrogen-bond donors (Lipinski definition) is 1. The third-order valence-corrected chi connectivity index (χ3v) is 1.57. The van der Waals surface area contributed by atoms with Gasteiger partial charge in [-0.05, 0) is 39.9 Å². The molecule has 6 heteroatoms. The first-order valence-electron chi connectivity index (χ1n) is 2.81. The van der Waals surface area contributed by atoms with Crippen molar-refractivity contribution in [2.45, 2.75) is 12.4 Å². The molecule has 0 fully saturated rings. The monoisotopic (exact) mass is 193 g/mol. The normalized spacial score (nSPS) is 11.2. The maximum Gasteiger partial charge on any atom is 0.111 e. The first kappa shape index (κ1) is 10.6. The Kier molecular flexibility index (Phi) is 7.44. The molecule has 0 aromatic carbocycles. The molecule has 62 valence electrons. The van der Waals surface area contributed by atoms with E-state index in [2.05, 4.69) is 15.4 Å². The van der Waals surface area contributed by atoms with Crippen LogP contribution in [0.25, 0.3) is 0 Å². The standard InChI is InChI=1S/C3H3N3.C2H5ClOS/c1-2-4-6-5-3-1;1-2(4)5-3/h1-3H;2,4H,1H3. The Morgan fingerprint density at radius 3 is 2.00 bits per heavy atom. The summed E-state index contributed by atoms with van der Waals surface area (Å²) in [6.45, 7) is 1.61. The van der Waals surface area contributed by atoms with Gasteiger partial charge in [0.2, 0.25) is 0 Å². The highest BCUT2D eigenvalue weighted by Gasteiger charge is 1.84. The third kappa shape index (κ3) is 9.61. The van der Waals surface area contributed by atoms with Crippen molar-refractivity contribution in [2.24, 2.45) is 0 Å². The van der Waals surface area contributed by atoms with E-state index in [1.165, 1.54) is 0 Å². The second kappa shape index (κ2) is 7.71. The number of aromatic nitrogens is 3. The number of hydrogen-bond acceptors (Lipinski definition) is 5. The van der Waals surface area contributed by atoms with Crippen molar-refractivity contribution >= 4 is 21.7 Å². The van der Waals surface area contributed by atoms with Gasteiger partial charge >= 0.3 is 0 Å². The van der Waals surface area contributed by atoms with Crippen LogP contribution in [0.5, 0.6) is 0 Å². The van der Waals surface area contributed by atoms with Crippen molar-refractivity contribution in [3.05, 3.63) is 18.5 Å². The van der Waals surface area contributed by atoms with Crippen LogP contribution in [0, 0.1) is 0 Å². The summed E-state index contributed by atoms with van der Waals surface area (Å²) in [5, 5.41) is 18.3. The fraction of sp³-hybridized carbons (Fsp3) is 0.400. The van der Waals surface area contributed by atoms with Gasteiger partial charge in [0, 0.05) is 0 Å². The van der Waals surface area contributed by atoms with Gasteiger partial charge < -0.3 is 5.11 Å². The van der Waals surface area contributed by atoms with E-state index in [-0.39, 0.29) is 0 Å². The van der Waals surface area contributed by atoms with Crippen LogP contribution in [0.2, 0.25) is 0 Å². The summed E-state index contributed by atoms with van der Waals surface area (Å²) in [5.74, 6) is 0. The molecular weight excluding hydrogens is 186 g/mol. The Hall–Kier alpha value is -0.390. The zero-order valence-corrected chi connectivity index (χ0v) is 7.46. The van der Waals surface area contributed by atoms with Crippen LogP contribution < -0.4 is 0 Å². The summed E-state index contributed by atoms with van der Waals surface area (Å²) >= 11 is 0. The predicted octanol–water partition coefficient (Wildman–Crippen LogP) is 1.08. The van der Waals surface area contributed by atoms with Crippen LogP contribution in [-0.2, 0) is 0 Å². The molecule has 0 aliphatic heterocycles. The molecule has 4 nitrogen and oxygen atoms in total. The van der Waals surface area contributed by atoms with Gasteiger partial charge in [-0.15, -0.1) is 10.2 Å². The zero-order valence-electron chi connectivity index (χ0n) is 5.88. The van der Waals surface area contributed by atoms with Crippen molar-refractivity contribution in [1.29, 1.82) is 0 Å². The number of rotatable bonds is 1. The molecule has 0 saturated heterocycles. The minimum absolute atomic E-state index is 0.434. The van der Waals surface area contributed by atoms with E-state index in [1.54, 1.807) is 25.4 Å². The van der Waals surface area contributed by atoms with Gasteiger partial charge in [0.15, 0.2) is 0 Å². The Balaban J connectivity index is 0.000000187. The molecule has 1 aromatic rings. The first-order valence-corrected chi connectivity index (χ1v) is 4.51. The molecule has 1 N–H and O–H groups in total. The minimum Gasteiger partial charge on any atom is -0.382 e. The van der Waals surface area contributed by atoms with Crippen molar-refractivity contribution in [3.8, 4) is 0 Å².